The minimum absolute atomic E-state index is 0.786. The third kappa shape index (κ3) is 2.08. The summed E-state index contributed by atoms with van der Waals surface area (Å²) in [5, 5.41) is 0. The smallest absolute Gasteiger partial charge is 0.140 e. The molecule has 3 heteroatoms. The van der Waals surface area contributed by atoms with Gasteiger partial charge in [-0.05, 0) is 37.6 Å². The molecule has 0 fully saturated rings. The Morgan fingerprint density at radius 2 is 1.94 bits per heavy atom. The second kappa shape index (κ2) is 4.39. The van der Waals surface area contributed by atoms with Gasteiger partial charge in [0.25, 0.3) is 0 Å². The molecule has 0 bridgehead atoms. The zero-order valence-electron chi connectivity index (χ0n) is 9.77. The molecule has 0 spiro atoms. The topological polar surface area (TPSA) is 43.8 Å². The van der Waals surface area contributed by atoms with Gasteiger partial charge in [0.05, 0.1) is 5.69 Å². The lowest BCUT2D eigenvalue weighted by atomic mass is 10.2. The molecule has 0 aliphatic rings. The van der Waals surface area contributed by atoms with E-state index in [1.54, 1.807) is 0 Å². The highest BCUT2D eigenvalue weighted by Gasteiger charge is 2.06. The number of rotatable bonds is 3. The highest BCUT2D eigenvalue weighted by Crippen LogP contribution is 2.20. The molecule has 84 valence electrons. The lowest BCUT2D eigenvalue weighted by molar-refractivity contribution is 0.685. The summed E-state index contributed by atoms with van der Waals surface area (Å²) in [4.78, 5) is 4.55. The molecule has 3 nitrogen and oxygen atoms in total. The Morgan fingerprint density at radius 3 is 2.56 bits per heavy atom. The van der Waals surface area contributed by atoms with Crippen LogP contribution in [0.2, 0.25) is 0 Å². The van der Waals surface area contributed by atoms with E-state index in [1.807, 2.05) is 31.2 Å². The third-order valence-corrected chi connectivity index (χ3v) is 2.53. The summed E-state index contributed by atoms with van der Waals surface area (Å²) in [6.45, 7) is 5.19. The first-order valence-corrected chi connectivity index (χ1v) is 5.60. The summed E-state index contributed by atoms with van der Waals surface area (Å²) in [6.07, 6.45) is 3.20. The van der Waals surface area contributed by atoms with Crippen molar-refractivity contribution in [3.8, 4) is 11.4 Å². The summed E-state index contributed by atoms with van der Waals surface area (Å²) in [5.41, 5.74) is 8.64. The van der Waals surface area contributed by atoms with Crippen LogP contribution in [0.15, 0.2) is 30.5 Å². The number of nitrogens with zero attached hydrogens (tertiary/aromatic N) is 2. The maximum atomic E-state index is 5.68. The van der Waals surface area contributed by atoms with Crippen LogP contribution in [0, 0.1) is 6.92 Å². The number of nitrogens with two attached hydrogens (primary N) is 1. The van der Waals surface area contributed by atoms with E-state index < -0.39 is 0 Å². The molecular weight excluding hydrogens is 198 g/mol. The average molecular weight is 215 g/mol. The third-order valence-electron chi connectivity index (χ3n) is 2.53. The van der Waals surface area contributed by atoms with Crippen LogP contribution in [-0.2, 0) is 6.54 Å². The lowest BCUT2D eigenvalue weighted by Gasteiger charge is -2.06. The summed E-state index contributed by atoms with van der Waals surface area (Å²) in [7, 11) is 0. The van der Waals surface area contributed by atoms with Gasteiger partial charge >= 0.3 is 0 Å². The number of benzene rings is 1. The van der Waals surface area contributed by atoms with E-state index in [9.17, 15) is 0 Å². The SMILES string of the molecule is CCCn1cc(C)nc1-c1ccc(N)cc1. The normalized spacial score (nSPS) is 10.6. The van der Waals surface area contributed by atoms with Crippen molar-refractivity contribution in [2.24, 2.45) is 0 Å². The predicted octanol–water partition coefficient (Wildman–Crippen LogP) is 2.85. The fourth-order valence-corrected chi connectivity index (χ4v) is 1.82. The molecule has 0 saturated heterocycles. The highest BCUT2D eigenvalue weighted by molar-refractivity contribution is 5.59. The van der Waals surface area contributed by atoms with E-state index in [1.165, 1.54) is 0 Å². The van der Waals surface area contributed by atoms with Crippen LogP contribution in [-0.4, -0.2) is 9.55 Å². The number of imidazole rings is 1. The number of aromatic nitrogens is 2. The molecule has 2 aromatic rings. The maximum Gasteiger partial charge on any atom is 0.140 e. The summed E-state index contributed by atoms with van der Waals surface area (Å²) >= 11 is 0. The predicted molar refractivity (Wildman–Crippen MR) is 67.1 cm³/mol. The minimum atomic E-state index is 0.786. The molecule has 1 heterocycles. The number of hydrogen-bond donors (Lipinski definition) is 1. The van der Waals surface area contributed by atoms with E-state index >= 15 is 0 Å². The van der Waals surface area contributed by atoms with E-state index in [0.717, 1.165) is 35.7 Å². The Balaban J connectivity index is 2.42. The van der Waals surface area contributed by atoms with Crippen LogP contribution in [0.5, 0.6) is 0 Å². The van der Waals surface area contributed by atoms with Gasteiger partial charge in [0.15, 0.2) is 0 Å². The molecule has 0 atom stereocenters. The van der Waals surface area contributed by atoms with Gasteiger partial charge < -0.3 is 10.3 Å². The molecule has 0 saturated carbocycles. The van der Waals surface area contributed by atoms with Crippen LogP contribution in [0.4, 0.5) is 5.69 Å². The van der Waals surface area contributed by atoms with Crippen molar-refractivity contribution in [2.45, 2.75) is 26.8 Å². The Kier molecular flexibility index (Phi) is 2.95. The fraction of sp³-hybridized carbons (Fsp3) is 0.308. The number of aryl methyl sites for hydroxylation is 2. The van der Waals surface area contributed by atoms with Crippen molar-refractivity contribution in [2.75, 3.05) is 5.73 Å². The van der Waals surface area contributed by atoms with Crippen molar-refractivity contribution in [3.05, 3.63) is 36.2 Å². The Hall–Kier alpha value is -1.77. The second-order valence-corrected chi connectivity index (χ2v) is 4.02. The van der Waals surface area contributed by atoms with E-state index in [-0.39, 0.29) is 0 Å². The van der Waals surface area contributed by atoms with Gasteiger partial charge in [-0.2, -0.15) is 0 Å². The highest BCUT2D eigenvalue weighted by atomic mass is 15.1. The molecule has 1 aromatic carbocycles. The van der Waals surface area contributed by atoms with Gasteiger partial charge in [0.2, 0.25) is 0 Å². The van der Waals surface area contributed by atoms with Gasteiger partial charge in [0, 0.05) is 24.0 Å². The van der Waals surface area contributed by atoms with Crippen molar-refractivity contribution in [1.82, 2.24) is 9.55 Å². The second-order valence-electron chi connectivity index (χ2n) is 4.02. The monoisotopic (exact) mass is 215 g/mol. The first-order chi connectivity index (χ1) is 7.70. The van der Waals surface area contributed by atoms with Crippen molar-refractivity contribution >= 4 is 5.69 Å². The lowest BCUT2D eigenvalue weighted by Crippen LogP contribution is -1.98. The fourth-order valence-electron chi connectivity index (χ4n) is 1.82. The Labute approximate surface area is 95.9 Å². The summed E-state index contributed by atoms with van der Waals surface area (Å²) < 4.78 is 2.20. The molecule has 2 rings (SSSR count). The minimum Gasteiger partial charge on any atom is -0.399 e. The molecule has 1 aromatic heterocycles. The van der Waals surface area contributed by atoms with Crippen molar-refractivity contribution < 1.29 is 0 Å². The van der Waals surface area contributed by atoms with Gasteiger partial charge in [-0.3, -0.25) is 0 Å². The molecular formula is C13H17N3. The van der Waals surface area contributed by atoms with Crippen LogP contribution in [0.25, 0.3) is 11.4 Å². The van der Waals surface area contributed by atoms with E-state index in [2.05, 4.69) is 22.7 Å². The van der Waals surface area contributed by atoms with Crippen molar-refractivity contribution in [1.29, 1.82) is 0 Å². The molecule has 0 radical (unpaired) electrons. The number of nitrogen functional groups attached to an aromatic ring is 1. The zero-order chi connectivity index (χ0) is 11.5. The zero-order valence-corrected chi connectivity index (χ0v) is 9.77. The van der Waals surface area contributed by atoms with E-state index in [4.69, 9.17) is 5.73 Å². The maximum absolute atomic E-state index is 5.68. The van der Waals surface area contributed by atoms with Crippen LogP contribution < -0.4 is 5.73 Å². The van der Waals surface area contributed by atoms with Crippen LogP contribution in [0.3, 0.4) is 0 Å². The standard InChI is InChI=1S/C13H17N3/c1-3-8-16-9-10(2)15-13(16)11-4-6-12(14)7-5-11/h4-7,9H,3,8,14H2,1-2H3. The van der Waals surface area contributed by atoms with Gasteiger partial charge in [0.1, 0.15) is 5.82 Å². The quantitative estimate of drug-likeness (QED) is 0.800. The number of anilines is 1. The first kappa shape index (κ1) is 10.7. The van der Waals surface area contributed by atoms with Gasteiger partial charge in [-0.15, -0.1) is 0 Å². The van der Waals surface area contributed by atoms with Crippen molar-refractivity contribution in [3.63, 3.8) is 0 Å². The summed E-state index contributed by atoms with van der Waals surface area (Å²) in [5.74, 6) is 1.03. The summed E-state index contributed by atoms with van der Waals surface area (Å²) in [6, 6.07) is 7.86. The molecule has 2 N–H and O–H groups in total. The number of hydrogen-bond acceptors (Lipinski definition) is 2. The Morgan fingerprint density at radius 1 is 1.25 bits per heavy atom. The molecule has 0 amide bonds. The van der Waals surface area contributed by atoms with Crippen LogP contribution >= 0.6 is 0 Å². The van der Waals surface area contributed by atoms with Crippen LogP contribution in [0.1, 0.15) is 19.0 Å². The van der Waals surface area contributed by atoms with Gasteiger partial charge in [-0.1, -0.05) is 6.92 Å². The molecule has 0 aliphatic heterocycles. The first-order valence-electron chi connectivity index (χ1n) is 5.60. The largest absolute Gasteiger partial charge is 0.399 e. The van der Waals surface area contributed by atoms with Gasteiger partial charge in [-0.25, -0.2) is 4.98 Å². The van der Waals surface area contributed by atoms with E-state index in [0.29, 0.717) is 0 Å². The Bertz CT molecular complexity index is 468. The molecule has 0 aliphatic carbocycles. The average Bonchev–Trinajstić information content (AvgIpc) is 2.61. The molecule has 0 unspecified atom stereocenters. The molecule has 16 heavy (non-hydrogen) atoms.